The molecule has 1 heterocycles. The molecular formula is C17H21NO5. The number of carbonyl (C=O) groups is 2. The van der Waals surface area contributed by atoms with Gasteiger partial charge in [-0.3, -0.25) is 9.59 Å². The number of nitrogens with one attached hydrogen (secondary N) is 1. The molecule has 6 heteroatoms. The third-order valence-electron chi connectivity index (χ3n) is 3.41. The maximum atomic E-state index is 12.0. The van der Waals surface area contributed by atoms with E-state index >= 15 is 0 Å². The third-order valence-corrected chi connectivity index (χ3v) is 3.41. The second-order valence-corrected chi connectivity index (χ2v) is 5.52. The van der Waals surface area contributed by atoms with Crippen LogP contribution < -0.4 is 14.8 Å². The minimum absolute atomic E-state index is 0.0434. The van der Waals surface area contributed by atoms with Gasteiger partial charge in [0.05, 0.1) is 5.56 Å². The topological polar surface area (TPSA) is 73.9 Å². The van der Waals surface area contributed by atoms with Crippen molar-refractivity contribution in [2.75, 3.05) is 13.9 Å². The van der Waals surface area contributed by atoms with Crippen LogP contribution in [0.25, 0.3) is 0 Å². The first-order chi connectivity index (χ1) is 10.9. The molecule has 23 heavy (non-hydrogen) atoms. The average Bonchev–Trinajstić information content (AvgIpc) is 2.84. The van der Waals surface area contributed by atoms with Gasteiger partial charge < -0.3 is 19.5 Å². The van der Waals surface area contributed by atoms with Crippen LogP contribution in [0, 0.1) is 0 Å². The fraction of sp³-hybridized carbons (Fsp3) is 0.412. The van der Waals surface area contributed by atoms with E-state index in [4.69, 9.17) is 14.2 Å². The van der Waals surface area contributed by atoms with E-state index in [1.165, 1.54) is 14.0 Å². The van der Waals surface area contributed by atoms with Crippen LogP contribution in [0.4, 0.5) is 0 Å². The maximum Gasteiger partial charge on any atom is 0.308 e. The van der Waals surface area contributed by atoms with Crippen LogP contribution in [0.2, 0.25) is 0 Å². The minimum atomic E-state index is -0.436. The number of methoxy groups -OCH3 is 1. The molecule has 0 aromatic heterocycles. The van der Waals surface area contributed by atoms with Gasteiger partial charge in [0.1, 0.15) is 11.5 Å². The molecule has 1 N–H and O–H groups in total. The number of rotatable bonds is 6. The SMILES string of the molecule is COCOc1cc2c(c(OC(C)=O)c1CC=C(C)C)CNC2=O. The highest BCUT2D eigenvalue weighted by atomic mass is 16.7. The summed E-state index contributed by atoms with van der Waals surface area (Å²) in [6.45, 7) is 5.69. The Morgan fingerprint density at radius 2 is 2.09 bits per heavy atom. The highest BCUT2D eigenvalue weighted by molar-refractivity contribution is 6.00. The number of hydrogen-bond acceptors (Lipinski definition) is 5. The van der Waals surface area contributed by atoms with Crippen LogP contribution in [-0.2, 0) is 22.5 Å². The second kappa shape index (κ2) is 7.28. The molecule has 0 bridgehead atoms. The molecule has 0 atom stereocenters. The molecule has 6 nitrogen and oxygen atoms in total. The van der Waals surface area contributed by atoms with Crippen LogP contribution in [0.15, 0.2) is 17.7 Å². The van der Waals surface area contributed by atoms with Crippen molar-refractivity contribution < 1.29 is 23.8 Å². The summed E-state index contributed by atoms with van der Waals surface area (Å²) in [4.78, 5) is 23.5. The summed E-state index contributed by atoms with van der Waals surface area (Å²) >= 11 is 0. The van der Waals surface area contributed by atoms with Crippen molar-refractivity contribution in [2.24, 2.45) is 0 Å². The predicted molar refractivity (Wildman–Crippen MR) is 84.6 cm³/mol. The van der Waals surface area contributed by atoms with Crippen molar-refractivity contribution in [1.82, 2.24) is 5.32 Å². The van der Waals surface area contributed by atoms with E-state index in [0.29, 0.717) is 35.6 Å². The van der Waals surface area contributed by atoms with Crippen molar-refractivity contribution in [3.05, 3.63) is 34.4 Å². The Balaban J connectivity index is 2.59. The molecule has 0 aliphatic carbocycles. The van der Waals surface area contributed by atoms with Crippen molar-refractivity contribution in [1.29, 1.82) is 0 Å². The Bertz CT molecular complexity index is 659. The lowest BCUT2D eigenvalue weighted by atomic mass is 9.99. The van der Waals surface area contributed by atoms with E-state index in [1.54, 1.807) is 6.07 Å². The van der Waals surface area contributed by atoms with Crippen molar-refractivity contribution in [3.8, 4) is 11.5 Å². The van der Waals surface area contributed by atoms with Gasteiger partial charge in [0.15, 0.2) is 6.79 Å². The number of amides is 1. The lowest BCUT2D eigenvalue weighted by molar-refractivity contribution is -0.132. The molecule has 0 radical (unpaired) electrons. The molecule has 1 aliphatic rings. The number of hydrogen-bond donors (Lipinski definition) is 1. The van der Waals surface area contributed by atoms with Crippen molar-refractivity contribution in [3.63, 3.8) is 0 Å². The third kappa shape index (κ3) is 3.90. The van der Waals surface area contributed by atoms with Gasteiger partial charge in [0, 0.05) is 31.7 Å². The molecule has 0 saturated heterocycles. The first-order valence-electron chi connectivity index (χ1n) is 7.34. The number of allylic oxidation sites excluding steroid dienone is 2. The standard InChI is InChI=1S/C17H21NO5/c1-10(2)5-6-12-15(22-9-21-4)7-13-14(8-18-17(13)20)16(12)23-11(3)19/h5,7H,6,8-9H2,1-4H3,(H,18,20). The summed E-state index contributed by atoms with van der Waals surface area (Å²) in [5, 5.41) is 2.74. The fourth-order valence-corrected chi connectivity index (χ4v) is 2.38. The predicted octanol–water partition coefficient (Wildman–Crippen LogP) is 2.35. The zero-order valence-corrected chi connectivity index (χ0v) is 13.8. The van der Waals surface area contributed by atoms with E-state index in [9.17, 15) is 9.59 Å². The Morgan fingerprint density at radius 3 is 2.70 bits per heavy atom. The molecule has 1 aromatic carbocycles. The molecule has 0 spiro atoms. The highest BCUT2D eigenvalue weighted by Gasteiger charge is 2.28. The van der Waals surface area contributed by atoms with E-state index in [-0.39, 0.29) is 12.7 Å². The smallest absolute Gasteiger partial charge is 0.308 e. The van der Waals surface area contributed by atoms with Gasteiger partial charge in [-0.2, -0.15) is 0 Å². The Hall–Kier alpha value is -2.34. The molecule has 1 aromatic rings. The summed E-state index contributed by atoms with van der Waals surface area (Å²) in [6.07, 6.45) is 2.55. The van der Waals surface area contributed by atoms with E-state index in [2.05, 4.69) is 5.32 Å². The summed E-state index contributed by atoms with van der Waals surface area (Å²) in [5.41, 5.74) is 3.01. The highest BCUT2D eigenvalue weighted by Crippen LogP contribution is 2.38. The maximum absolute atomic E-state index is 12.0. The van der Waals surface area contributed by atoms with E-state index in [1.807, 2.05) is 19.9 Å². The summed E-state index contributed by atoms with van der Waals surface area (Å²) < 4.78 is 15.9. The normalized spacial score (nSPS) is 12.4. The minimum Gasteiger partial charge on any atom is -0.467 e. The number of carbonyl (C=O) groups excluding carboxylic acids is 2. The van der Waals surface area contributed by atoms with Gasteiger partial charge in [0.2, 0.25) is 0 Å². The van der Waals surface area contributed by atoms with Crippen molar-refractivity contribution >= 4 is 11.9 Å². The summed E-state index contributed by atoms with van der Waals surface area (Å²) in [6, 6.07) is 1.68. The second-order valence-electron chi connectivity index (χ2n) is 5.52. The number of fused-ring (bicyclic) bond motifs is 1. The van der Waals surface area contributed by atoms with Gasteiger partial charge in [0.25, 0.3) is 5.91 Å². The van der Waals surface area contributed by atoms with Crippen LogP contribution in [0.5, 0.6) is 11.5 Å². The lowest BCUT2D eigenvalue weighted by Crippen LogP contribution is -2.12. The van der Waals surface area contributed by atoms with Crippen LogP contribution >= 0.6 is 0 Å². The van der Waals surface area contributed by atoms with Crippen LogP contribution in [-0.4, -0.2) is 25.8 Å². The molecule has 0 fully saturated rings. The average molecular weight is 319 g/mol. The molecule has 0 unspecified atom stereocenters. The molecule has 124 valence electrons. The molecule has 2 rings (SSSR count). The van der Waals surface area contributed by atoms with Crippen molar-refractivity contribution in [2.45, 2.75) is 33.7 Å². The lowest BCUT2D eigenvalue weighted by Gasteiger charge is -2.17. The molecule has 0 saturated carbocycles. The Labute approximate surface area is 135 Å². The fourth-order valence-electron chi connectivity index (χ4n) is 2.38. The van der Waals surface area contributed by atoms with Gasteiger partial charge >= 0.3 is 5.97 Å². The van der Waals surface area contributed by atoms with Gasteiger partial charge in [-0.15, -0.1) is 0 Å². The van der Waals surface area contributed by atoms with E-state index in [0.717, 1.165) is 11.1 Å². The first kappa shape index (κ1) is 17.0. The number of esters is 1. The Kier molecular flexibility index (Phi) is 5.39. The molecular weight excluding hydrogens is 298 g/mol. The van der Waals surface area contributed by atoms with Crippen LogP contribution in [0.3, 0.4) is 0 Å². The summed E-state index contributed by atoms with van der Waals surface area (Å²) in [7, 11) is 1.52. The van der Waals surface area contributed by atoms with E-state index < -0.39 is 5.97 Å². The monoisotopic (exact) mass is 319 g/mol. The number of ether oxygens (including phenoxy) is 3. The van der Waals surface area contributed by atoms with Gasteiger partial charge in [-0.1, -0.05) is 11.6 Å². The number of benzene rings is 1. The van der Waals surface area contributed by atoms with Gasteiger partial charge in [-0.25, -0.2) is 0 Å². The van der Waals surface area contributed by atoms with Gasteiger partial charge in [-0.05, 0) is 26.3 Å². The first-order valence-corrected chi connectivity index (χ1v) is 7.34. The zero-order chi connectivity index (χ0) is 17.0. The van der Waals surface area contributed by atoms with Crippen LogP contribution in [0.1, 0.15) is 42.3 Å². The zero-order valence-electron chi connectivity index (χ0n) is 13.8. The largest absolute Gasteiger partial charge is 0.467 e. The molecule has 1 amide bonds. The summed E-state index contributed by atoms with van der Waals surface area (Å²) in [5.74, 6) is 0.242. The molecule has 1 aliphatic heterocycles. The Morgan fingerprint density at radius 1 is 1.35 bits per heavy atom. The quantitative estimate of drug-likeness (QED) is 0.377.